The van der Waals surface area contributed by atoms with E-state index in [2.05, 4.69) is 11.8 Å². The number of nitrogens with zero attached hydrogens (tertiary/aromatic N) is 2. The number of hydrogen-bond donors (Lipinski definition) is 0. The van der Waals surface area contributed by atoms with E-state index in [4.69, 9.17) is 26.1 Å². The molecular formula is C35H39ClN2O4. The highest BCUT2D eigenvalue weighted by atomic mass is 35.5. The van der Waals surface area contributed by atoms with Crippen LogP contribution in [0.4, 0.5) is 0 Å². The second-order valence-electron chi connectivity index (χ2n) is 11.2. The summed E-state index contributed by atoms with van der Waals surface area (Å²) in [5.74, 6) is 0.0185. The van der Waals surface area contributed by atoms with Crippen molar-refractivity contribution in [2.75, 3.05) is 6.61 Å². The summed E-state index contributed by atoms with van der Waals surface area (Å²) < 4.78 is 11.1. The molecule has 0 radical (unpaired) electrons. The normalized spacial score (nSPS) is 15.3. The SMILES string of the molecule is CCCCC1=NC(Cl)=C(C(=O)OCC)C(c2ccccc2)N1Cc1ccc(-c2ccccc2C(=O)OC(C)(C)C)cc1. The van der Waals surface area contributed by atoms with E-state index in [1.807, 2.05) is 93.6 Å². The zero-order valence-corrected chi connectivity index (χ0v) is 25.8. The number of hydrogen-bond acceptors (Lipinski definition) is 6. The molecule has 1 heterocycles. The number of carbonyl (C=O) groups excluding carboxylic acids is 2. The van der Waals surface area contributed by atoms with Crippen LogP contribution in [0.1, 0.15) is 81.4 Å². The van der Waals surface area contributed by atoms with Gasteiger partial charge in [0.25, 0.3) is 0 Å². The lowest BCUT2D eigenvalue weighted by Crippen LogP contribution is -2.40. The van der Waals surface area contributed by atoms with Crippen LogP contribution in [-0.4, -0.2) is 34.9 Å². The Balaban J connectivity index is 1.71. The first-order valence-corrected chi connectivity index (χ1v) is 14.9. The van der Waals surface area contributed by atoms with E-state index in [9.17, 15) is 9.59 Å². The van der Waals surface area contributed by atoms with Crippen LogP contribution in [0.2, 0.25) is 0 Å². The molecule has 4 rings (SSSR count). The Hall–Kier alpha value is -3.90. The molecule has 1 aliphatic heterocycles. The number of benzene rings is 3. The summed E-state index contributed by atoms with van der Waals surface area (Å²) in [5.41, 5.74) is 3.96. The molecule has 3 aromatic carbocycles. The van der Waals surface area contributed by atoms with E-state index >= 15 is 0 Å². The summed E-state index contributed by atoms with van der Waals surface area (Å²) >= 11 is 6.70. The van der Waals surface area contributed by atoms with Gasteiger partial charge in [0.1, 0.15) is 22.2 Å². The highest BCUT2D eigenvalue weighted by Crippen LogP contribution is 2.39. The zero-order valence-electron chi connectivity index (χ0n) is 25.0. The van der Waals surface area contributed by atoms with Crippen LogP contribution in [0.15, 0.2) is 94.6 Å². The Bertz CT molecular complexity index is 1460. The fraction of sp³-hybridized carbons (Fsp3) is 0.343. The average Bonchev–Trinajstić information content (AvgIpc) is 2.97. The van der Waals surface area contributed by atoms with Crippen LogP contribution in [0.25, 0.3) is 11.1 Å². The van der Waals surface area contributed by atoms with Gasteiger partial charge in [-0.3, -0.25) is 0 Å². The molecule has 7 heteroatoms. The molecule has 220 valence electrons. The number of carbonyl (C=O) groups is 2. The van der Waals surface area contributed by atoms with E-state index in [0.717, 1.165) is 47.4 Å². The van der Waals surface area contributed by atoms with Gasteiger partial charge in [0, 0.05) is 13.0 Å². The van der Waals surface area contributed by atoms with Gasteiger partial charge in [0.15, 0.2) is 0 Å². The lowest BCUT2D eigenvalue weighted by Gasteiger charge is -2.38. The molecule has 3 aromatic rings. The number of ether oxygens (including phenoxy) is 2. The molecular weight excluding hydrogens is 548 g/mol. The molecule has 0 saturated carbocycles. The van der Waals surface area contributed by atoms with E-state index in [0.29, 0.717) is 17.7 Å². The maximum absolute atomic E-state index is 13.2. The van der Waals surface area contributed by atoms with Crippen molar-refractivity contribution in [3.63, 3.8) is 0 Å². The lowest BCUT2D eigenvalue weighted by molar-refractivity contribution is -0.139. The van der Waals surface area contributed by atoms with Gasteiger partial charge in [-0.25, -0.2) is 14.6 Å². The Morgan fingerprint density at radius 2 is 1.57 bits per heavy atom. The van der Waals surface area contributed by atoms with Crippen molar-refractivity contribution >= 4 is 29.4 Å². The third-order valence-corrected chi connectivity index (χ3v) is 7.18. The van der Waals surface area contributed by atoms with E-state index in [1.165, 1.54) is 0 Å². The summed E-state index contributed by atoms with van der Waals surface area (Å²) in [6, 6.07) is 25.0. The Labute approximate surface area is 254 Å². The fourth-order valence-corrected chi connectivity index (χ4v) is 5.27. The van der Waals surface area contributed by atoms with Gasteiger partial charge in [-0.2, -0.15) is 0 Å². The van der Waals surface area contributed by atoms with Gasteiger partial charge < -0.3 is 14.4 Å². The molecule has 1 atom stereocenters. The number of amidine groups is 1. The first-order valence-electron chi connectivity index (χ1n) is 14.5. The third-order valence-electron chi connectivity index (χ3n) is 6.89. The van der Waals surface area contributed by atoms with Crippen LogP contribution < -0.4 is 0 Å². The number of aliphatic imine (C=N–C) groups is 1. The predicted octanol–water partition coefficient (Wildman–Crippen LogP) is 8.47. The lowest BCUT2D eigenvalue weighted by atomic mass is 9.94. The quantitative estimate of drug-likeness (QED) is 0.176. The Morgan fingerprint density at radius 3 is 2.21 bits per heavy atom. The van der Waals surface area contributed by atoms with E-state index in [-0.39, 0.29) is 17.7 Å². The Morgan fingerprint density at radius 1 is 0.905 bits per heavy atom. The first-order chi connectivity index (χ1) is 20.1. The molecule has 0 amide bonds. The average molecular weight is 587 g/mol. The van der Waals surface area contributed by atoms with Crippen molar-refractivity contribution in [1.82, 2.24) is 4.90 Å². The van der Waals surface area contributed by atoms with Gasteiger partial charge in [-0.05, 0) is 62.4 Å². The number of unbranched alkanes of at least 4 members (excludes halogenated alkanes) is 1. The second kappa shape index (κ2) is 13.8. The zero-order chi connectivity index (χ0) is 30.3. The molecule has 0 spiro atoms. The summed E-state index contributed by atoms with van der Waals surface area (Å²) in [6.45, 7) is 10.2. The summed E-state index contributed by atoms with van der Waals surface area (Å²) in [7, 11) is 0. The summed E-state index contributed by atoms with van der Waals surface area (Å²) in [5, 5.41) is 0.179. The van der Waals surface area contributed by atoms with E-state index < -0.39 is 17.6 Å². The topological polar surface area (TPSA) is 68.2 Å². The second-order valence-corrected chi connectivity index (χ2v) is 11.6. The predicted molar refractivity (Wildman–Crippen MR) is 168 cm³/mol. The largest absolute Gasteiger partial charge is 0.462 e. The monoisotopic (exact) mass is 586 g/mol. The van der Waals surface area contributed by atoms with Crippen LogP contribution in [-0.2, 0) is 20.8 Å². The molecule has 0 saturated heterocycles. The van der Waals surface area contributed by atoms with Crippen LogP contribution in [0, 0.1) is 0 Å². The molecule has 0 fully saturated rings. The molecule has 0 aromatic heterocycles. The molecule has 0 aliphatic carbocycles. The number of esters is 2. The molecule has 0 N–H and O–H groups in total. The maximum atomic E-state index is 13.2. The van der Waals surface area contributed by atoms with Gasteiger partial charge >= 0.3 is 11.9 Å². The molecule has 0 bridgehead atoms. The van der Waals surface area contributed by atoms with Gasteiger partial charge in [0.05, 0.1) is 18.2 Å². The molecule has 42 heavy (non-hydrogen) atoms. The van der Waals surface area contributed by atoms with E-state index in [1.54, 1.807) is 13.0 Å². The van der Waals surface area contributed by atoms with Crippen LogP contribution in [0.5, 0.6) is 0 Å². The third kappa shape index (κ3) is 7.48. The van der Waals surface area contributed by atoms with Crippen molar-refractivity contribution in [3.05, 3.63) is 106 Å². The summed E-state index contributed by atoms with van der Waals surface area (Å²) in [4.78, 5) is 33.0. The fourth-order valence-electron chi connectivity index (χ4n) is 4.99. The smallest absolute Gasteiger partial charge is 0.339 e. The van der Waals surface area contributed by atoms with Crippen LogP contribution >= 0.6 is 11.6 Å². The molecule has 1 unspecified atom stereocenters. The van der Waals surface area contributed by atoms with Crippen molar-refractivity contribution < 1.29 is 19.1 Å². The minimum absolute atomic E-state index is 0.179. The molecule has 6 nitrogen and oxygen atoms in total. The van der Waals surface area contributed by atoms with Crippen molar-refractivity contribution in [1.29, 1.82) is 0 Å². The highest BCUT2D eigenvalue weighted by Gasteiger charge is 2.37. The minimum atomic E-state index is -0.589. The first kappa shape index (κ1) is 31.0. The van der Waals surface area contributed by atoms with Gasteiger partial charge in [-0.1, -0.05) is 97.7 Å². The molecule has 1 aliphatic rings. The number of halogens is 1. The standard InChI is InChI=1S/C35H39ClN2O4/c1-6-8-18-29-37-32(36)30(34(40)41-7-2)31(26-14-10-9-11-15-26)38(29)23-24-19-21-25(22-20-24)27-16-12-13-17-28(27)33(39)42-35(3,4)5/h9-17,19-22,31H,6-8,18,23H2,1-5H3. The Kier molecular flexibility index (Phi) is 10.2. The summed E-state index contributed by atoms with van der Waals surface area (Å²) in [6.07, 6.45) is 2.67. The van der Waals surface area contributed by atoms with Gasteiger partial charge in [0.2, 0.25) is 0 Å². The maximum Gasteiger partial charge on any atom is 0.339 e. The minimum Gasteiger partial charge on any atom is -0.462 e. The highest BCUT2D eigenvalue weighted by molar-refractivity contribution is 6.32. The van der Waals surface area contributed by atoms with Crippen LogP contribution in [0.3, 0.4) is 0 Å². The number of rotatable bonds is 10. The van der Waals surface area contributed by atoms with Gasteiger partial charge in [-0.15, -0.1) is 0 Å². The van der Waals surface area contributed by atoms with Crippen molar-refractivity contribution in [2.24, 2.45) is 4.99 Å². The van der Waals surface area contributed by atoms with Crippen molar-refractivity contribution in [3.8, 4) is 11.1 Å². The van der Waals surface area contributed by atoms with Crippen molar-refractivity contribution in [2.45, 2.75) is 72.1 Å².